The van der Waals surface area contributed by atoms with Gasteiger partial charge in [0.15, 0.2) is 5.82 Å². The van der Waals surface area contributed by atoms with Crippen molar-refractivity contribution >= 4 is 11.6 Å². The quantitative estimate of drug-likeness (QED) is 0.700. The molecule has 0 saturated heterocycles. The largest absolute Gasteiger partial charge is 0.415 e. The van der Waals surface area contributed by atoms with Gasteiger partial charge in [-0.15, -0.1) is 5.10 Å². The summed E-state index contributed by atoms with van der Waals surface area (Å²) in [4.78, 5) is 0. The van der Waals surface area contributed by atoms with Crippen LogP contribution >= 0.6 is 11.6 Å². The first-order valence-electron chi connectivity index (χ1n) is 6.63. The maximum Gasteiger partial charge on any atom is 0.388 e. The van der Waals surface area contributed by atoms with Crippen molar-refractivity contribution in [1.82, 2.24) is 29.3 Å². The van der Waals surface area contributed by atoms with Crippen LogP contribution in [0.1, 0.15) is 11.3 Å². The highest BCUT2D eigenvalue weighted by Crippen LogP contribution is 2.32. The van der Waals surface area contributed by atoms with Crippen molar-refractivity contribution in [2.45, 2.75) is 13.2 Å². The zero-order valence-corrected chi connectivity index (χ0v) is 13.0. The molecule has 0 amide bonds. The van der Waals surface area contributed by atoms with Gasteiger partial charge < -0.3 is 4.74 Å². The third kappa shape index (κ3) is 2.81. The van der Waals surface area contributed by atoms with E-state index in [4.69, 9.17) is 11.6 Å². The van der Waals surface area contributed by atoms with Gasteiger partial charge in [0.1, 0.15) is 11.1 Å². The van der Waals surface area contributed by atoms with E-state index < -0.39 is 6.61 Å². The minimum absolute atomic E-state index is 0.0819. The number of nitrogens with zero attached hydrogens (tertiary/aromatic N) is 7. The van der Waals surface area contributed by atoms with Crippen LogP contribution in [0.3, 0.4) is 0 Å². The Morgan fingerprint density at radius 2 is 2.21 bits per heavy atom. The maximum atomic E-state index is 12.5. The predicted octanol–water partition coefficient (Wildman–Crippen LogP) is 1.98. The average Bonchev–Trinajstić information content (AvgIpc) is 3.24. The van der Waals surface area contributed by atoms with Crippen LogP contribution in [0, 0.1) is 11.3 Å². The molecule has 0 aliphatic carbocycles. The molecule has 0 aromatic carbocycles. The lowest BCUT2D eigenvalue weighted by molar-refractivity contribution is -0.0552. The fourth-order valence-electron chi connectivity index (χ4n) is 2.17. The van der Waals surface area contributed by atoms with Crippen molar-refractivity contribution in [2.75, 3.05) is 0 Å². The summed E-state index contributed by atoms with van der Waals surface area (Å²) in [6.45, 7) is -2.81. The van der Waals surface area contributed by atoms with Gasteiger partial charge in [-0.2, -0.15) is 24.2 Å². The highest BCUT2D eigenvalue weighted by Gasteiger charge is 2.24. The lowest BCUT2D eigenvalue weighted by Crippen LogP contribution is -2.10. The van der Waals surface area contributed by atoms with Crippen molar-refractivity contribution in [3.63, 3.8) is 0 Å². The Hall–Kier alpha value is -2.93. The molecule has 11 heteroatoms. The summed E-state index contributed by atoms with van der Waals surface area (Å²) in [5, 5.41) is 21.3. The summed E-state index contributed by atoms with van der Waals surface area (Å²) in [5.41, 5.74) is 0.758. The van der Waals surface area contributed by atoms with Crippen molar-refractivity contribution in [2.24, 2.45) is 7.05 Å². The molecule has 0 fully saturated rings. The van der Waals surface area contributed by atoms with Crippen LogP contribution in [0.4, 0.5) is 8.78 Å². The minimum Gasteiger partial charge on any atom is -0.415 e. The van der Waals surface area contributed by atoms with Gasteiger partial charge in [0.05, 0.1) is 24.0 Å². The monoisotopic (exact) mass is 353 g/mol. The molecule has 0 aliphatic heterocycles. The molecular formula is C13H10ClF2N7O. The number of aromatic nitrogens is 6. The number of halogens is 3. The fourth-order valence-corrected chi connectivity index (χ4v) is 2.45. The Balaban J connectivity index is 2.07. The van der Waals surface area contributed by atoms with Gasteiger partial charge in [0, 0.05) is 19.4 Å². The number of aryl methyl sites for hydroxylation is 1. The third-order valence-electron chi connectivity index (χ3n) is 3.18. The highest BCUT2D eigenvalue weighted by atomic mass is 35.5. The van der Waals surface area contributed by atoms with Crippen LogP contribution in [0.2, 0.25) is 5.02 Å². The predicted molar refractivity (Wildman–Crippen MR) is 78.0 cm³/mol. The van der Waals surface area contributed by atoms with E-state index in [2.05, 4.69) is 20.0 Å². The molecule has 3 heterocycles. The van der Waals surface area contributed by atoms with Gasteiger partial charge in [-0.25, -0.2) is 9.36 Å². The van der Waals surface area contributed by atoms with Crippen LogP contribution in [-0.2, 0) is 13.6 Å². The Kier molecular flexibility index (Phi) is 4.18. The number of hydrogen-bond acceptors (Lipinski definition) is 5. The molecule has 0 unspecified atom stereocenters. The number of alkyl halides is 2. The van der Waals surface area contributed by atoms with Gasteiger partial charge in [0.2, 0.25) is 5.88 Å². The summed E-state index contributed by atoms with van der Waals surface area (Å²) in [6, 6.07) is 3.75. The second kappa shape index (κ2) is 6.29. The van der Waals surface area contributed by atoms with E-state index in [9.17, 15) is 14.0 Å². The van der Waals surface area contributed by atoms with Crippen LogP contribution in [0.25, 0.3) is 5.82 Å². The van der Waals surface area contributed by atoms with Gasteiger partial charge in [-0.05, 0) is 6.07 Å². The molecule has 0 saturated carbocycles. The Labute approximate surface area is 139 Å². The molecule has 124 valence electrons. The molecule has 0 aliphatic rings. The normalized spacial score (nSPS) is 11.0. The molecule has 8 nitrogen and oxygen atoms in total. The summed E-state index contributed by atoms with van der Waals surface area (Å²) in [5.74, 6) is -0.209. The molecule has 3 aromatic rings. The molecule has 3 aromatic heterocycles. The van der Waals surface area contributed by atoms with Crippen molar-refractivity contribution in [1.29, 1.82) is 5.26 Å². The third-order valence-corrected chi connectivity index (χ3v) is 3.52. The van der Waals surface area contributed by atoms with Crippen molar-refractivity contribution < 1.29 is 13.5 Å². The van der Waals surface area contributed by atoms with Crippen LogP contribution in [0.15, 0.2) is 24.7 Å². The van der Waals surface area contributed by atoms with Gasteiger partial charge in [-0.1, -0.05) is 11.6 Å². The van der Waals surface area contributed by atoms with E-state index in [1.807, 2.05) is 6.07 Å². The molecular weight excluding hydrogens is 344 g/mol. The minimum atomic E-state index is -3.04. The van der Waals surface area contributed by atoms with Crippen LogP contribution in [-0.4, -0.2) is 36.0 Å². The highest BCUT2D eigenvalue weighted by molar-refractivity contribution is 6.33. The van der Waals surface area contributed by atoms with E-state index in [1.165, 1.54) is 17.9 Å². The van der Waals surface area contributed by atoms with Crippen LogP contribution < -0.4 is 4.74 Å². The number of ether oxygens (including phenoxy) is 1. The molecule has 0 bridgehead atoms. The Bertz CT molecular complexity index is 894. The lowest BCUT2D eigenvalue weighted by Gasteiger charge is -2.06. The summed E-state index contributed by atoms with van der Waals surface area (Å²) in [6.07, 6.45) is 4.65. The summed E-state index contributed by atoms with van der Waals surface area (Å²) < 4.78 is 33.3. The SMILES string of the molecule is Cn1nc(-n2ncc(C#N)c2Cn2cccn2)c(Cl)c1OC(F)F. The van der Waals surface area contributed by atoms with Crippen LogP contribution in [0.5, 0.6) is 5.88 Å². The number of hydrogen-bond donors (Lipinski definition) is 0. The zero-order chi connectivity index (χ0) is 17.3. The molecule has 24 heavy (non-hydrogen) atoms. The van der Waals surface area contributed by atoms with Gasteiger partial charge in [-0.3, -0.25) is 4.68 Å². The van der Waals surface area contributed by atoms with Gasteiger partial charge >= 0.3 is 6.61 Å². The Morgan fingerprint density at radius 3 is 2.83 bits per heavy atom. The topological polar surface area (TPSA) is 86.5 Å². The second-order valence-electron chi connectivity index (χ2n) is 4.68. The molecule has 0 atom stereocenters. The smallest absolute Gasteiger partial charge is 0.388 e. The van der Waals surface area contributed by atoms with Gasteiger partial charge in [0.25, 0.3) is 0 Å². The van der Waals surface area contributed by atoms with Crippen molar-refractivity contribution in [3.8, 4) is 17.8 Å². The lowest BCUT2D eigenvalue weighted by atomic mass is 10.2. The molecule has 0 N–H and O–H groups in total. The average molecular weight is 354 g/mol. The standard InChI is InChI=1S/C13H10ClF2N7O/c1-21-12(24-13(15)16)10(14)11(20-21)23-9(8(5-17)6-19-23)7-22-4-2-3-18-22/h2-4,6,13H,7H2,1H3. The molecule has 3 rings (SSSR count). The molecule has 0 radical (unpaired) electrons. The zero-order valence-electron chi connectivity index (χ0n) is 12.3. The maximum absolute atomic E-state index is 12.5. The summed E-state index contributed by atoms with van der Waals surface area (Å²) >= 11 is 6.11. The number of rotatable bonds is 5. The first-order valence-corrected chi connectivity index (χ1v) is 7.01. The molecule has 0 spiro atoms. The fraction of sp³-hybridized carbons (Fsp3) is 0.231. The van der Waals surface area contributed by atoms with E-state index in [0.717, 1.165) is 4.68 Å². The second-order valence-corrected chi connectivity index (χ2v) is 5.06. The summed E-state index contributed by atoms with van der Waals surface area (Å²) in [7, 11) is 1.41. The first-order chi connectivity index (χ1) is 11.5. The van der Waals surface area contributed by atoms with E-state index in [1.54, 1.807) is 23.1 Å². The Morgan fingerprint density at radius 1 is 1.42 bits per heavy atom. The van der Waals surface area contributed by atoms with E-state index in [-0.39, 0.29) is 23.3 Å². The van der Waals surface area contributed by atoms with E-state index >= 15 is 0 Å². The van der Waals surface area contributed by atoms with E-state index in [0.29, 0.717) is 11.3 Å². The van der Waals surface area contributed by atoms with Crippen molar-refractivity contribution in [3.05, 3.63) is 40.9 Å². The first kappa shape index (κ1) is 15.9. The number of nitriles is 1.